The zero-order valence-corrected chi connectivity index (χ0v) is 10.7. The minimum atomic E-state index is -0.242. The molecule has 0 saturated carbocycles. The summed E-state index contributed by atoms with van der Waals surface area (Å²) in [6, 6.07) is 6.41. The highest BCUT2D eigenvalue weighted by Crippen LogP contribution is 2.32. The van der Waals surface area contributed by atoms with E-state index in [1.807, 2.05) is 6.07 Å². The van der Waals surface area contributed by atoms with Gasteiger partial charge in [0.1, 0.15) is 5.82 Å². The summed E-state index contributed by atoms with van der Waals surface area (Å²) in [5, 5.41) is 0.865. The lowest BCUT2D eigenvalue weighted by atomic mass is 10.1. The molecule has 0 aliphatic rings. The first-order valence-corrected chi connectivity index (χ1v) is 6.50. The second-order valence-corrected chi connectivity index (χ2v) is 5.18. The Morgan fingerprint density at radius 3 is 2.89 bits per heavy atom. The van der Waals surface area contributed by atoms with E-state index >= 15 is 0 Å². The maximum Gasteiger partial charge on any atom is 0.123 e. The topological polar surface area (TPSA) is 63.8 Å². The Balaban J connectivity index is 2.07. The molecule has 0 radical (unpaired) electrons. The number of hydrogen-bond donors (Lipinski definition) is 2. The molecule has 1 atom stereocenters. The lowest BCUT2D eigenvalue weighted by Gasteiger charge is -2.12. The van der Waals surface area contributed by atoms with Crippen LogP contribution in [-0.2, 0) is 0 Å². The Morgan fingerprint density at radius 1 is 1.26 bits per heavy atom. The first-order valence-electron chi connectivity index (χ1n) is 5.69. The molecule has 2 aromatic heterocycles. The van der Waals surface area contributed by atoms with Crippen molar-refractivity contribution in [2.24, 2.45) is 5.84 Å². The summed E-state index contributed by atoms with van der Waals surface area (Å²) in [7, 11) is 0. The second-order valence-electron chi connectivity index (χ2n) is 4.06. The summed E-state index contributed by atoms with van der Waals surface area (Å²) in [6.07, 6.45) is 4.89. The van der Waals surface area contributed by atoms with Crippen LogP contribution < -0.4 is 11.3 Å². The number of hydrazine groups is 1. The Morgan fingerprint density at radius 2 is 2.16 bits per heavy atom. The summed E-state index contributed by atoms with van der Waals surface area (Å²) in [5.74, 6) is 5.36. The van der Waals surface area contributed by atoms with E-state index in [1.165, 1.54) is 12.1 Å². The van der Waals surface area contributed by atoms with Gasteiger partial charge < -0.3 is 0 Å². The zero-order valence-electron chi connectivity index (χ0n) is 9.88. The first-order chi connectivity index (χ1) is 9.28. The van der Waals surface area contributed by atoms with Gasteiger partial charge in [-0.2, -0.15) is 0 Å². The highest BCUT2D eigenvalue weighted by atomic mass is 32.1. The van der Waals surface area contributed by atoms with Crippen molar-refractivity contribution < 1.29 is 4.39 Å². The van der Waals surface area contributed by atoms with Gasteiger partial charge in [0.25, 0.3) is 0 Å². The van der Waals surface area contributed by atoms with Gasteiger partial charge in [0, 0.05) is 22.0 Å². The van der Waals surface area contributed by atoms with Crippen LogP contribution in [0, 0.1) is 5.82 Å². The number of fused-ring (bicyclic) bond motifs is 1. The summed E-state index contributed by atoms with van der Waals surface area (Å²) in [5.41, 5.74) is 3.46. The van der Waals surface area contributed by atoms with E-state index in [9.17, 15) is 4.39 Å². The minimum Gasteiger partial charge on any atom is -0.270 e. The Kier molecular flexibility index (Phi) is 3.20. The van der Waals surface area contributed by atoms with Crippen LogP contribution in [-0.4, -0.2) is 9.97 Å². The third-order valence-electron chi connectivity index (χ3n) is 2.83. The van der Waals surface area contributed by atoms with Crippen molar-refractivity contribution in [3.8, 4) is 0 Å². The molecule has 0 bridgehead atoms. The molecule has 96 valence electrons. The molecule has 0 fully saturated rings. The van der Waals surface area contributed by atoms with E-state index in [4.69, 9.17) is 5.84 Å². The average Bonchev–Trinajstić information content (AvgIpc) is 2.83. The molecule has 3 aromatic rings. The molecule has 0 spiro atoms. The van der Waals surface area contributed by atoms with Gasteiger partial charge >= 0.3 is 0 Å². The Bertz CT molecular complexity index is 698. The van der Waals surface area contributed by atoms with Gasteiger partial charge in [-0.1, -0.05) is 0 Å². The van der Waals surface area contributed by atoms with Crippen LogP contribution in [0.4, 0.5) is 4.39 Å². The number of benzene rings is 1. The Labute approximate surface area is 113 Å². The quantitative estimate of drug-likeness (QED) is 0.568. The average molecular weight is 274 g/mol. The molecule has 0 amide bonds. The Hall–Kier alpha value is -1.89. The molecule has 3 N–H and O–H groups in total. The molecule has 1 aromatic carbocycles. The number of nitrogens with two attached hydrogens (primary N) is 1. The summed E-state index contributed by atoms with van der Waals surface area (Å²) < 4.78 is 14.2. The summed E-state index contributed by atoms with van der Waals surface area (Å²) >= 11 is 1.56. The SMILES string of the molecule is NNC(c1cnccn1)c1cc2cc(F)ccc2s1. The highest BCUT2D eigenvalue weighted by molar-refractivity contribution is 7.19. The summed E-state index contributed by atoms with van der Waals surface area (Å²) in [4.78, 5) is 9.25. The number of halogens is 1. The molecule has 0 aliphatic heterocycles. The van der Waals surface area contributed by atoms with Crippen molar-refractivity contribution in [3.63, 3.8) is 0 Å². The molecular weight excluding hydrogens is 263 g/mol. The monoisotopic (exact) mass is 274 g/mol. The smallest absolute Gasteiger partial charge is 0.123 e. The van der Waals surface area contributed by atoms with Crippen LogP contribution in [0.25, 0.3) is 10.1 Å². The van der Waals surface area contributed by atoms with E-state index in [2.05, 4.69) is 15.4 Å². The van der Waals surface area contributed by atoms with Crippen LogP contribution >= 0.6 is 11.3 Å². The number of nitrogens with zero attached hydrogens (tertiary/aromatic N) is 2. The van der Waals surface area contributed by atoms with E-state index < -0.39 is 0 Å². The van der Waals surface area contributed by atoms with Gasteiger partial charge in [-0.25, -0.2) is 9.82 Å². The predicted octanol–water partition coefficient (Wildman–Crippen LogP) is 2.38. The molecule has 0 aliphatic carbocycles. The van der Waals surface area contributed by atoms with Gasteiger partial charge in [0.05, 0.1) is 17.9 Å². The largest absolute Gasteiger partial charge is 0.270 e. The third-order valence-corrected chi connectivity index (χ3v) is 4.01. The van der Waals surface area contributed by atoms with Crippen molar-refractivity contribution in [2.75, 3.05) is 0 Å². The predicted molar refractivity (Wildman–Crippen MR) is 73.0 cm³/mol. The summed E-state index contributed by atoms with van der Waals surface area (Å²) in [6.45, 7) is 0. The van der Waals surface area contributed by atoms with E-state index in [1.54, 1.807) is 36.0 Å². The van der Waals surface area contributed by atoms with Gasteiger partial charge in [0.15, 0.2) is 0 Å². The number of thiophene rings is 1. The molecular formula is C13H11FN4S. The normalized spacial score (nSPS) is 12.7. The highest BCUT2D eigenvalue weighted by Gasteiger charge is 2.16. The van der Waals surface area contributed by atoms with E-state index in [0.29, 0.717) is 0 Å². The van der Waals surface area contributed by atoms with Crippen LogP contribution in [0.2, 0.25) is 0 Å². The van der Waals surface area contributed by atoms with Crippen molar-refractivity contribution in [1.82, 2.24) is 15.4 Å². The van der Waals surface area contributed by atoms with Crippen molar-refractivity contribution >= 4 is 21.4 Å². The minimum absolute atomic E-state index is 0.242. The second kappa shape index (κ2) is 5.00. The lowest BCUT2D eigenvalue weighted by Crippen LogP contribution is -2.28. The fourth-order valence-corrected chi connectivity index (χ4v) is 3.07. The molecule has 2 heterocycles. The van der Waals surface area contributed by atoms with Crippen LogP contribution in [0.15, 0.2) is 42.9 Å². The molecule has 19 heavy (non-hydrogen) atoms. The number of nitrogens with one attached hydrogen (secondary N) is 1. The molecule has 3 rings (SSSR count). The number of rotatable bonds is 3. The lowest BCUT2D eigenvalue weighted by molar-refractivity contribution is 0.626. The zero-order chi connectivity index (χ0) is 13.2. The third kappa shape index (κ3) is 2.33. The van der Waals surface area contributed by atoms with Crippen LogP contribution in [0.1, 0.15) is 16.6 Å². The first kappa shape index (κ1) is 12.2. The van der Waals surface area contributed by atoms with Gasteiger partial charge in [0.2, 0.25) is 0 Å². The van der Waals surface area contributed by atoms with Crippen molar-refractivity contribution in [2.45, 2.75) is 6.04 Å². The maximum absolute atomic E-state index is 13.2. The van der Waals surface area contributed by atoms with Gasteiger partial charge in [-0.15, -0.1) is 11.3 Å². The van der Waals surface area contributed by atoms with Crippen molar-refractivity contribution in [1.29, 1.82) is 0 Å². The van der Waals surface area contributed by atoms with E-state index in [0.717, 1.165) is 20.7 Å². The molecule has 0 saturated heterocycles. The van der Waals surface area contributed by atoms with Crippen molar-refractivity contribution in [3.05, 3.63) is 59.2 Å². The fourth-order valence-electron chi connectivity index (χ4n) is 1.95. The van der Waals surface area contributed by atoms with Crippen LogP contribution in [0.5, 0.6) is 0 Å². The van der Waals surface area contributed by atoms with Crippen LogP contribution in [0.3, 0.4) is 0 Å². The number of hydrogen-bond acceptors (Lipinski definition) is 5. The fraction of sp³-hybridized carbons (Fsp3) is 0.0769. The molecule has 4 nitrogen and oxygen atoms in total. The van der Waals surface area contributed by atoms with Gasteiger partial charge in [-0.3, -0.25) is 15.8 Å². The standard InChI is InChI=1S/C13H11FN4S/c14-9-1-2-11-8(5-9)6-12(19-11)13(18-15)10-7-16-3-4-17-10/h1-7,13,18H,15H2. The van der Waals surface area contributed by atoms with Gasteiger partial charge in [-0.05, 0) is 29.7 Å². The molecule has 6 heteroatoms. The maximum atomic E-state index is 13.2. The number of aromatic nitrogens is 2. The van der Waals surface area contributed by atoms with E-state index in [-0.39, 0.29) is 11.9 Å². The molecule has 1 unspecified atom stereocenters.